The number of anilines is 1. The molecule has 1 unspecified atom stereocenters. The number of morpholine rings is 1. The molecule has 1 saturated heterocycles. The molecule has 1 atom stereocenters. The molecule has 0 saturated carbocycles. The SMILES string of the molecule is COCC(C)Oc1nc(Cl)nc(N2CCOCC2)n1. The monoisotopic (exact) mass is 288 g/mol. The van der Waals surface area contributed by atoms with Gasteiger partial charge in [-0.15, -0.1) is 0 Å². The Kier molecular flexibility index (Phi) is 5.12. The summed E-state index contributed by atoms with van der Waals surface area (Å²) in [6.45, 7) is 5.09. The van der Waals surface area contributed by atoms with Gasteiger partial charge in [0, 0.05) is 20.2 Å². The van der Waals surface area contributed by atoms with E-state index in [0.717, 1.165) is 13.1 Å². The molecule has 0 N–H and O–H groups in total. The van der Waals surface area contributed by atoms with Crippen LogP contribution < -0.4 is 9.64 Å². The number of hydrogen-bond acceptors (Lipinski definition) is 7. The summed E-state index contributed by atoms with van der Waals surface area (Å²) in [6.07, 6.45) is -0.152. The Bertz CT molecular complexity index is 415. The van der Waals surface area contributed by atoms with E-state index in [0.29, 0.717) is 25.8 Å². The molecule has 0 aromatic carbocycles. The van der Waals surface area contributed by atoms with E-state index in [1.807, 2.05) is 11.8 Å². The van der Waals surface area contributed by atoms with E-state index in [-0.39, 0.29) is 17.4 Å². The van der Waals surface area contributed by atoms with Crippen LogP contribution in [0.3, 0.4) is 0 Å². The first-order chi connectivity index (χ1) is 9.19. The molecule has 1 fully saturated rings. The molecule has 2 heterocycles. The lowest BCUT2D eigenvalue weighted by Gasteiger charge is -2.26. The highest BCUT2D eigenvalue weighted by Gasteiger charge is 2.17. The first kappa shape index (κ1) is 14.2. The van der Waals surface area contributed by atoms with Gasteiger partial charge in [-0.1, -0.05) is 0 Å². The first-order valence-electron chi connectivity index (χ1n) is 6.09. The predicted octanol–water partition coefficient (Wildman–Crippen LogP) is 0.775. The molecule has 7 nitrogen and oxygen atoms in total. The first-order valence-corrected chi connectivity index (χ1v) is 6.46. The molecule has 0 spiro atoms. The molecule has 1 aliphatic heterocycles. The van der Waals surface area contributed by atoms with Gasteiger partial charge in [0.05, 0.1) is 19.8 Å². The number of methoxy groups -OCH3 is 1. The Morgan fingerprint density at radius 2 is 2.05 bits per heavy atom. The molecule has 0 bridgehead atoms. The number of rotatable bonds is 5. The van der Waals surface area contributed by atoms with Crippen LogP contribution in [0.1, 0.15) is 6.92 Å². The summed E-state index contributed by atoms with van der Waals surface area (Å²) in [5, 5.41) is 0.121. The molecule has 1 aromatic heterocycles. The van der Waals surface area contributed by atoms with E-state index in [1.54, 1.807) is 7.11 Å². The molecule has 106 valence electrons. The van der Waals surface area contributed by atoms with Crippen molar-refractivity contribution in [1.82, 2.24) is 15.0 Å². The topological polar surface area (TPSA) is 69.6 Å². The van der Waals surface area contributed by atoms with Crippen molar-refractivity contribution in [3.05, 3.63) is 5.28 Å². The van der Waals surface area contributed by atoms with Crippen LogP contribution >= 0.6 is 11.6 Å². The fraction of sp³-hybridized carbons (Fsp3) is 0.727. The molecule has 2 rings (SSSR count). The van der Waals surface area contributed by atoms with Crippen LogP contribution in [0.4, 0.5) is 5.95 Å². The van der Waals surface area contributed by atoms with Crippen molar-refractivity contribution in [1.29, 1.82) is 0 Å². The fourth-order valence-electron chi connectivity index (χ4n) is 1.73. The van der Waals surface area contributed by atoms with E-state index in [4.69, 9.17) is 25.8 Å². The zero-order valence-corrected chi connectivity index (χ0v) is 11.8. The smallest absolute Gasteiger partial charge is 0.322 e. The minimum atomic E-state index is -0.152. The summed E-state index contributed by atoms with van der Waals surface area (Å²) in [7, 11) is 1.61. The van der Waals surface area contributed by atoms with Gasteiger partial charge in [-0.25, -0.2) is 0 Å². The lowest BCUT2D eigenvalue weighted by molar-refractivity contribution is 0.0852. The average molecular weight is 289 g/mol. The van der Waals surface area contributed by atoms with Gasteiger partial charge >= 0.3 is 6.01 Å². The number of nitrogens with zero attached hydrogens (tertiary/aromatic N) is 4. The van der Waals surface area contributed by atoms with Gasteiger partial charge in [0.1, 0.15) is 6.10 Å². The van der Waals surface area contributed by atoms with Crippen LogP contribution in [0, 0.1) is 0 Å². The summed E-state index contributed by atoms with van der Waals surface area (Å²) in [6, 6.07) is 0.214. The van der Waals surface area contributed by atoms with Crippen molar-refractivity contribution < 1.29 is 14.2 Å². The second kappa shape index (κ2) is 6.83. The van der Waals surface area contributed by atoms with E-state index in [2.05, 4.69) is 15.0 Å². The third kappa shape index (κ3) is 4.15. The minimum absolute atomic E-state index is 0.121. The Labute approximate surface area is 116 Å². The molecule has 0 radical (unpaired) electrons. The van der Waals surface area contributed by atoms with Gasteiger partial charge in [-0.2, -0.15) is 15.0 Å². The second-order valence-corrected chi connectivity index (χ2v) is 4.51. The molecule has 19 heavy (non-hydrogen) atoms. The highest BCUT2D eigenvalue weighted by atomic mass is 35.5. The quantitative estimate of drug-likeness (QED) is 0.793. The maximum absolute atomic E-state index is 5.90. The average Bonchev–Trinajstić information content (AvgIpc) is 2.39. The van der Waals surface area contributed by atoms with Crippen molar-refractivity contribution >= 4 is 17.5 Å². The zero-order valence-electron chi connectivity index (χ0n) is 11.0. The van der Waals surface area contributed by atoms with Crippen LogP contribution in [0.25, 0.3) is 0 Å². The molecular formula is C11H17ClN4O3. The third-order valence-electron chi connectivity index (χ3n) is 2.58. The molecule has 0 amide bonds. The largest absolute Gasteiger partial charge is 0.458 e. The lowest BCUT2D eigenvalue weighted by atomic mass is 10.4. The maximum atomic E-state index is 5.90. The minimum Gasteiger partial charge on any atom is -0.458 e. The Morgan fingerprint density at radius 1 is 1.32 bits per heavy atom. The molecule has 8 heteroatoms. The van der Waals surface area contributed by atoms with Crippen LogP contribution in [-0.2, 0) is 9.47 Å². The highest BCUT2D eigenvalue weighted by molar-refractivity contribution is 6.28. The summed E-state index contributed by atoms with van der Waals surface area (Å²) >= 11 is 5.90. The van der Waals surface area contributed by atoms with Crippen LogP contribution in [0.5, 0.6) is 6.01 Å². The molecule has 0 aliphatic carbocycles. The molecular weight excluding hydrogens is 272 g/mol. The second-order valence-electron chi connectivity index (χ2n) is 4.17. The van der Waals surface area contributed by atoms with E-state index < -0.39 is 0 Å². The number of halogens is 1. The van der Waals surface area contributed by atoms with Crippen LogP contribution in [0.2, 0.25) is 5.28 Å². The number of hydrogen-bond donors (Lipinski definition) is 0. The summed E-state index contributed by atoms with van der Waals surface area (Å²) in [5.41, 5.74) is 0. The predicted molar refractivity (Wildman–Crippen MR) is 69.8 cm³/mol. The zero-order chi connectivity index (χ0) is 13.7. The lowest BCUT2D eigenvalue weighted by Crippen LogP contribution is -2.37. The number of aromatic nitrogens is 3. The van der Waals surface area contributed by atoms with Crippen molar-refractivity contribution in [2.75, 3.05) is 44.9 Å². The van der Waals surface area contributed by atoms with Crippen molar-refractivity contribution in [3.8, 4) is 6.01 Å². The van der Waals surface area contributed by atoms with Crippen LogP contribution in [-0.4, -0.2) is 61.1 Å². The van der Waals surface area contributed by atoms with Crippen LogP contribution in [0.15, 0.2) is 0 Å². The fourth-order valence-corrected chi connectivity index (χ4v) is 1.88. The van der Waals surface area contributed by atoms with Crippen molar-refractivity contribution in [3.63, 3.8) is 0 Å². The summed E-state index contributed by atoms with van der Waals surface area (Å²) in [5.74, 6) is 0.517. The Morgan fingerprint density at radius 3 is 2.74 bits per heavy atom. The van der Waals surface area contributed by atoms with E-state index in [1.165, 1.54) is 0 Å². The van der Waals surface area contributed by atoms with Gasteiger partial charge in [0.15, 0.2) is 0 Å². The van der Waals surface area contributed by atoms with Crippen molar-refractivity contribution in [2.24, 2.45) is 0 Å². The molecule has 1 aromatic rings. The number of ether oxygens (including phenoxy) is 3. The van der Waals surface area contributed by atoms with Gasteiger partial charge in [-0.3, -0.25) is 0 Å². The van der Waals surface area contributed by atoms with Gasteiger partial charge in [0.25, 0.3) is 0 Å². The standard InChI is InChI=1S/C11H17ClN4O3/c1-8(7-17-2)19-11-14-9(12)13-10(15-11)16-3-5-18-6-4-16/h8H,3-7H2,1-2H3. The Hall–Kier alpha value is -1.18. The van der Waals surface area contributed by atoms with E-state index >= 15 is 0 Å². The normalized spacial score (nSPS) is 17.3. The van der Waals surface area contributed by atoms with E-state index in [9.17, 15) is 0 Å². The Balaban J connectivity index is 2.09. The maximum Gasteiger partial charge on any atom is 0.322 e. The van der Waals surface area contributed by atoms with Gasteiger partial charge < -0.3 is 19.1 Å². The summed E-state index contributed by atoms with van der Waals surface area (Å²) < 4.78 is 15.8. The van der Waals surface area contributed by atoms with Gasteiger partial charge in [-0.05, 0) is 18.5 Å². The highest BCUT2D eigenvalue weighted by Crippen LogP contribution is 2.17. The summed E-state index contributed by atoms with van der Waals surface area (Å²) in [4.78, 5) is 14.3. The molecule has 1 aliphatic rings. The van der Waals surface area contributed by atoms with Gasteiger partial charge in [0.2, 0.25) is 11.2 Å². The third-order valence-corrected chi connectivity index (χ3v) is 2.75. The van der Waals surface area contributed by atoms with Crippen molar-refractivity contribution in [2.45, 2.75) is 13.0 Å².